The maximum atomic E-state index is 9.18. The summed E-state index contributed by atoms with van der Waals surface area (Å²) < 4.78 is 5.56. The van der Waals surface area contributed by atoms with Gasteiger partial charge in [0.05, 0.1) is 18.8 Å². The standard InChI is InChI=1S/C12H16N4O2/c1-8-3-10(4-13)15-12(14-8)16-5-9(2)18-11(6-16)7-17/h3,9,11,17H,5-7H2,1-2H3. The molecule has 0 radical (unpaired) electrons. The molecule has 1 N–H and O–H groups in total. The van der Waals surface area contributed by atoms with Crippen molar-refractivity contribution in [2.75, 3.05) is 24.6 Å². The normalized spacial score (nSPS) is 23.8. The minimum Gasteiger partial charge on any atom is -0.394 e. The number of ether oxygens (including phenoxy) is 1. The Morgan fingerprint density at radius 2 is 2.33 bits per heavy atom. The van der Waals surface area contributed by atoms with Gasteiger partial charge >= 0.3 is 0 Å². The van der Waals surface area contributed by atoms with Crippen LogP contribution >= 0.6 is 0 Å². The van der Waals surface area contributed by atoms with E-state index in [1.165, 1.54) is 0 Å². The first-order valence-corrected chi connectivity index (χ1v) is 5.89. The van der Waals surface area contributed by atoms with Gasteiger partial charge in [-0.1, -0.05) is 0 Å². The third-order valence-corrected chi connectivity index (χ3v) is 2.77. The van der Waals surface area contributed by atoms with Gasteiger partial charge < -0.3 is 14.7 Å². The minimum absolute atomic E-state index is 0.00514. The van der Waals surface area contributed by atoms with Crippen LogP contribution in [-0.2, 0) is 4.74 Å². The molecule has 0 amide bonds. The third-order valence-electron chi connectivity index (χ3n) is 2.77. The molecule has 1 aliphatic heterocycles. The zero-order chi connectivity index (χ0) is 13.1. The summed E-state index contributed by atoms with van der Waals surface area (Å²) in [4.78, 5) is 10.5. The quantitative estimate of drug-likeness (QED) is 0.807. The van der Waals surface area contributed by atoms with Crippen LogP contribution in [0.25, 0.3) is 0 Å². The summed E-state index contributed by atoms with van der Waals surface area (Å²) in [6, 6.07) is 3.67. The Labute approximate surface area is 106 Å². The zero-order valence-electron chi connectivity index (χ0n) is 10.5. The van der Waals surface area contributed by atoms with Gasteiger partial charge in [-0.05, 0) is 19.9 Å². The van der Waals surface area contributed by atoms with E-state index in [1.54, 1.807) is 6.07 Å². The van der Waals surface area contributed by atoms with Crippen molar-refractivity contribution in [1.82, 2.24) is 9.97 Å². The van der Waals surface area contributed by atoms with E-state index in [9.17, 15) is 5.11 Å². The van der Waals surface area contributed by atoms with Gasteiger partial charge in [0.2, 0.25) is 5.95 Å². The van der Waals surface area contributed by atoms with Crippen molar-refractivity contribution in [2.24, 2.45) is 0 Å². The SMILES string of the molecule is Cc1cc(C#N)nc(N2CC(C)OC(CO)C2)n1. The Kier molecular flexibility index (Phi) is 3.75. The van der Waals surface area contributed by atoms with Gasteiger partial charge in [-0.25, -0.2) is 9.97 Å². The maximum absolute atomic E-state index is 9.18. The lowest BCUT2D eigenvalue weighted by Gasteiger charge is -2.36. The van der Waals surface area contributed by atoms with Crippen molar-refractivity contribution in [3.63, 3.8) is 0 Å². The Hall–Kier alpha value is -1.71. The molecule has 1 aliphatic rings. The largest absolute Gasteiger partial charge is 0.394 e. The monoisotopic (exact) mass is 248 g/mol. The average molecular weight is 248 g/mol. The number of nitriles is 1. The summed E-state index contributed by atoms with van der Waals surface area (Å²) in [7, 11) is 0. The summed E-state index contributed by atoms with van der Waals surface area (Å²) >= 11 is 0. The Morgan fingerprint density at radius 3 is 3.00 bits per heavy atom. The van der Waals surface area contributed by atoms with E-state index in [1.807, 2.05) is 24.8 Å². The number of hydrogen-bond donors (Lipinski definition) is 1. The molecule has 1 aromatic heterocycles. The van der Waals surface area contributed by atoms with Crippen molar-refractivity contribution < 1.29 is 9.84 Å². The first-order chi connectivity index (χ1) is 8.62. The molecule has 0 spiro atoms. The molecule has 1 saturated heterocycles. The van der Waals surface area contributed by atoms with E-state index in [2.05, 4.69) is 9.97 Å². The molecule has 0 bridgehead atoms. The molecular formula is C12H16N4O2. The van der Waals surface area contributed by atoms with Crippen LogP contribution in [0.4, 0.5) is 5.95 Å². The van der Waals surface area contributed by atoms with E-state index in [0.717, 1.165) is 5.69 Å². The van der Waals surface area contributed by atoms with Gasteiger partial charge in [-0.2, -0.15) is 5.26 Å². The van der Waals surface area contributed by atoms with Crippen molar-refractivity contribution >= 4 is 5.95 Å². The average Bonchev–Trinajstić information content (AvgIpc) is 2.37. The van der Waals surface area contributed by atoms with Crippen molar-refractivity contribution in [3.8, 4) is 6.07 Å². The highest BCUT2D eigenvalue weighted by atomic mass is 16.5. The predicted octanol–water partition coefficient (Wildman–Crippen LogP) is 0.243. The summed E-state index contributed by atoms with van der Waals surface area (Å²) in [6.45, 7) is 4.94. The van der Waals surface area contributed by atoms with Crippen molar-refractivity contribution in [2.45, 2.75) is 26.1 Å². The highest BCUT2D eigenvalue weighted by molar-refractivity contribution is 5.36. The molecule has 0 aromatic carbocycles. The van der Waals surface area contributed by atoms with Crippen LogP contribution in [0.2, 0.25) is 0 Å². The Morgan fingerprint density at radius 1 is 1.56 bits per heavy atom. The number of morpholine rings is 1. The number of nitrogens with zero attached hydrogens (tertiary/aromatic N) is 4. The number of rotatable bonds is 2. The molecule has 6 nitrogen and oxygen atoms in total. The van der Waals surface area contributed by atoms with Crippen molar-refractivity contribution in [3.05, 3.63) is 17.5 Å². The highest BCUT2D eigenvalue weighted by Gasteiger charge is 2.26. The van der Waals surface area contributed by atoms with E-state index in [0.29, 0.717) is 24.7 Å². The Bertz CT molecular complexity index is 472. The van der Waals surface area contributed by atoms with Crippen LogP contribution in [0.3, 0.4) is 0 Å². The van der Waals surface area contributed by atoms with Gasteiger partial charge in [0, 0.05) is 18.8 Å². The summed E-state index contributed by atoms with van der Waals surface area (Å²) in [5.74, 6) is 0.528. The first-order valence-electron chi connectivity index (χ1n) is 5.89. The molecule has 96 valence electrons. The van der Waals surface area contributed by atoms with E-state index in [4.69, 9.17) is 10.00 Å². The van der Waals surface area contributed by atoms with Gasteiger partial charge in [0.15, 0.2) is 0 Å². The van der Waals surface area contributed by atoms with Gasteiger partial charge in [-0.15, -0.1) is 0 Å². The minimum atomic E-state index is -0.233. The van der Waals surface area contributed by atoms with Crippen molar-refractivity contribution in [1.29, 1.82) is 5.26 Å². The molecule has 18 heavy (non-hydrogen) atoms. The molecule has 2 rings (SSSR count). The van der Waals surface area contributed by atoms with Crippen LogP contribution in [-0.4, -0.2) is 47.0 Å². The second-order valence-electron chi connectivity index (χ2n) is 4.46. The maximum Gasteiger partial charge on any atom is 0.226 e. The Balaban J connectivity index is 2.25. The molecular weight excluding hydrogens is 232 g/mol. The number of hydrogen-bond acceptors (Lipinski definition) is 6. The molecule has 2 heterocycles. The van der Waals surface area contributed by atoms with Crippen LogP contribution < -0.4 is 4.90 Å². The van der Waals surface area contributed by atoms with Crippen LogP contribution in [0, 0.1) is 18.3 Å². The highest BCUT2D eigenvalue weighted by Crippen LogP contribution is 2.17. The second kappa shape index (κ2) is 5.29. The summed E-state index contributed by atoms with van der Waals surface area (Å²) in [6.07, 6.45) is -0.228. The molecule has 0 aliphatic carbocycles. The lowest BCUT2D eigenvalue weighted by atomic mass is 10.2. The first kappa shape index (κ1) is 12.7. The van der Waals surface area contributed by atoms with Crippen LogP contribution in [0.15, 0.2) is 6.07 Å². The molecule has 1 fully saturated rings. The number of aliphatic hydroxyl groups is 1. The summed E-state index contributed by atoms with van der Waals surface area (Å²) in [5, 5.41) is 18.1. The van der Waals surface area contributed by atoms with Gasteiger partial charge in [0.25, 0.3) is 0 Å². The number of aromatic nitrogens is 2. The van der Waals surface area contributed by atoms with Gasteiger partial charge in [-0.3, -0.25) is 0 Å². The van der Waals surface area contributed by atoms with E-state index in [-0.39, 0.29) is 18.8 Å². The molecule has 2 unspecified atom stereocenters. The molecule has 6 heteroatoms. The van der Waals surface area contributed by atoms with Crippen LogP contribution in [0.1, 0.15) is 18.3 Å². The van der Waals surface area contributed by atoms with E-state index >= 15 is 0 Å². The lowest BCUT2D eigenvalue weighted by molar-refractivity contribution is -0.0425. The predicted molar refractivity (Wildman–Crippen MR) is 65.1 cm³/mol. The fourth-order valence-electron chi connectivity index (χ4n) is 2.06. The lowest BCUT2D eigenvalue weighted by Crippen LogP contribution is -2.48. The molecule has 0 saturated carbocycles. The van der Waals surface area contributed by atoms with E-state index < -0.39 is 0 Å². The number of aliphatic hydroxyl groups excluding tert-OH is 1. The van der Waals surface area contributed by atoms with Crippen LogP contribution in [0.5, 0.6) is 0 Å². The number of anilines is 1. The summed E-state index contributed by atoms with van der Waals surface area (Å²) in [5.41, 5.74) is 1.12. The number of aryl methyl sites for hydroxylation is 1. The smallest absolute Gasteiger partial charge is 0.226 e. The molecule has 2 atom stereocenters. The fourth-order valence-corrected chi connectivity index (χ4v) is 2.06. The fraction of sp³-hybridized carbons (Fsp3) is 0.583. The van der Waals surface area contributed by atoms with Gasteiger partial charge in [0.1, 0.15) is 11.8 Å². The third kappa shape index (κ3) is 2.75. The topological polar surface area (TPSA) is 82.3 Å². The molecule has 1 aromatic rings. The zero-order valence-corrected chi connectivity index (χ0v) is 10.5. The second-order valence-corrected chi connectivity index (χ2v) is 4.46.